The Morgan fingerprint density at radius 3 is 2.50 bits per heavy atom. The number of hydrogen-bond donors (Lipinski definition) is 1. The highest BCUT2D eigenvalue weighted by atomic mass is 32.1. The van der Waals surface area contributed by atoms with Crippen molar-refractivity contribution in [2.24, 2.45) is 0 Å². The van der Waals surface area contributed by atoms with Crippen molar-refractivity contribution < 1.29 is 0 Å². The average Bonchev–Trinajstić information content (AvgIpc) is 3.00. The van der Waals surface area contributed by atoms with Crippen molar-refractivity contribution in [3.63, 3.8) is 0 Å². The normalized spacial score (nSPS) is 12.9. The number of thiophene rings is 1. The van der Waals surface area contributed by atoms with Crippen molar-refractivity contribution in [1.29, 1.82) is 5.26 Å². The van der Waals surface area contributed by atoms with Crippen LogP contribution in [-0.2, 0) is 5.41 Å². The van der Waals surface area contributed by atoms with Gasteiger partial charge in [0, 0.05) is 22.9 Å². The molecule has 0 aliphatic heterocycles. The molecular formula is C17H20N2S. The number of rotatable bonds is 5. The van der Waals surface area contributed by atoms with E-state index in [1.54, 1.807) is 11.3 Å². The minimum Gasteiger partial charge on any atom is -0.309 e. The van der Waals surface area contributed by atoms with E-state index in [-0.39, 0.29) is 11.5 Å². The molecule has 20 heavy (non-hydrogen) atoms. The first-order valence-electron chi connectivity index (χ1n) is 6.80. The van der Waals surface area contributed by atoms with Crippen LogP contribution in [0.3, 0.4) is 0 Å². The van der Waals surface area contributed by atoms with Gasteiger partial charge >= 0.3 is 0 Å². The number of benzene rings is 1. The van der Waals surface area contributed by atoms with Gasteiger partial charge in [0.2, 0.25) is 0 Å². The maximum Gasteiger partial charge on any atom is 0.0991 e. The fourth-order valence-corrected chi connectivity index (χ4v) is 2.98. The van der Waals surface area contributed by atoms with Gasteiger partial charge in [0.25, 0.3) is 0 Å². The van der Waals surface area contributed by atoms with E-state index < -0.39 is 0 Å². The molecule has 0 radical (unpaired) electrons. The molecule has 104 valence electrons. The highest BCUT2D eigenvalue weighted by Crippen LogP contribution is 2.27. The molecule has 1 atom stereocenters. The molecule has 0 bridgehead atoms. The molecule has 1 N–H and O–H groups in total. The van der Waals surface area contributed by atoms with E-state index >= 15 is 0 Å². The second kappa shape index (κ2) is 6.21. The minimum atomic E-state index is 0.134. The van der Waals surface area contributed by atoms with Gasteiger partial charge in [0.1, 0.15) is 0 Å². The molecule has 0 saturated carbocycles. The van der Waals surface area contributed by atoms with E-state index in [1.807, 2.05) is 24.3 Å². The third kappa shape index (κ3) is 3.47. The lowest BCUT2D eigenvalue weighted by Crippen LogP contribution is -2.33. The molecule has 2 nitrogen and oxygen atoms in total. The number of nitrogens with one attached hydrogen (secondary N) is 1. The van der Waals surface area contributed by atoms with Crippen LogP contribution in [0, 0.1) is 11.3 Å². The largest absolute Gasteiger partial charge is 0.309 e. The van der Waals surface area contributed by atoms with Gasteiger partial charge < -0.3 is 5.32 Å². The van der Waals surface area contributed by atoms with Crippen LogP contribution in [0.25, 0.3) is 0 Å². The van der Waals surface area contributed by atoms with Crippen LogP contribution in [-0.4, -0.2) is 6.54 Å². The van der Waals surface area contributed by atoms with Crippen LogP contribution in [0.5, 0.6) is 0 Å². The highest BCUT2D eigenvalue weighted by Gasteiger charge is 2.22. The maximum absolute atomic E-state index is 8.82. The van der Waals surface area contributed by atoms with Gasteiger partial charge in [-0.05, 0) is 36.1 Å². The summed E-state index contributed by atoms with van der Waals surface area (Å²) in [6, 6.07) is 14.5. The molecule has 1 aromatic carbocycles. The summed E-state index contributed by atoms with van der Waals surface area (Å²) < 4.78 is 0. The lowest BCUT2D eigenvalue weighted by Gasteiger charge is -2.26. The topological polar surface area (TPSA) is 35.8 Å². The van der Waals surface area contributed by atoms with Gasteiger partial charge in [-0.25, -0.2) is 0 Å². The molecule has 3 heteroatoms. The Kier molecular flexibility index (Phi) is 4.59. The maximum atomic E-state index is 8.82. The molecule has 0 aliphatic rings. The Bertz CT molecular complexity index is 576. The van der Waals surface area contributed by atoms with Gasteiger partial charge in [-0.2, -0.15) is 5.26 Å². The van der Waals surface area contributed by atoms with E-state index in [1.165, 1.54) is 10.4 Å². The first kappa shape index (κ1) is 14.8. The quantitative estimate of drug-likeness (QED) is 0.891. The van der Waals surface area contributed by atoms with E-state index in [0.29, 0.717) is 5.56 Å². The van der Waals surface area contributed by atoms with Crippen LogP contribution in [0.4, 0.5) is 0 Å². The predicted molar refractivity (Wildman–Crippen MR) is 84.9 cm³/mol. The van der Waals surface area contributed by atoms with Crippen LogP contribution < -0.4 is 5.32 Å². The number of nitrogens with zero attached hydrogens (tertiary/aromatic N) is 1. The van der Waals surface area contributed by atoms with Crippen LogP contribution >= 0.6 is 11.3 Å². The SMILES string of the molecule is CC(NCC(C)(C)c1cccs1)c1ccc(C#N)cc1. The summed E-state index contributed by atoms with van der Waals surface area (Å²) in [7, 11) is 0. The minimum absolute atomic E-state index is 0.134. The molecular weight excluding hydrogens is 264 g/mol. The molecule has 2 rings (SSSR count). The second-order valence-electron chi connectivity index (χ2n) is 5.70. The molecule has 0 aliphatic carbocycles. The van der Waals surface area contributed by atoms with Crippen molar-refractivity contribution in [3.8, 4) is 6.07 Å². The van der Waals surface area contributed by atoms with Crippen LogP contribution in [0.2, 0.25) is 0 Å². The Hall–Kier alpha value is -1.63. The molecule has 2 aromatic rings. The zero-order chi connectivity index (χ0) is 14.6. The zero-order valence-electron chi connectivity index (χ0n) is 12.2. The average molecular weight is 284 g/mol. The number of hydrogen-bond acceptors (Lipinski definition) is 3. The third-order valence-electron chi connectivity index (χ3n) is 3.58. The summed E-state index contributed by atoms with van der Waals surface area (Å²) in [6.45, 7) is 7.61. The summed E-state index contributed by atoms with van der Waals surface area (Å²) >= 11 is 1.81. The number of nitriles is 1. The fourth-order valence-electron chi connectivity index (χ4n) is 2.12. The van der Waals surface area contributed by atoms with E-state index in [4.69, 9.17) is 5.26 Å². The predicted octanol–water partition coefficient (Wildman–Crippen LogP) is 4.25. The Morgan fingerprint density at radius 2 is 1.95 bits per heavy atom. The summed E-state index contributed by atoms with van der Waals surface area (Å²) in [5.74, 6) is 0. The first-order chi connectivity index (χ1) is 9.53. The zero-order valence-corrected chi connectivity index (χ0v) is 13.0. The molecule has 0 spiro atoms. The molecule has 0 fully saturated rings. The first-order valence-corrected chi connectivity index (χ1v) is 7.68. The fraction of sp³-hybridized carbons (Fsp3) is 0.353. The summed E-state index contributed by atoms with van der Waals surface area (Å²) in [5.41, 5.74) is 2.06. The third-order valence-corrected chi connectivity index (χ3v) is 4.81. The summed E-state index contributed by atoms with van der Waals surface area (Å²) in [4.78, 5) is 1.40. The van der Waals surface area contributed by atoms with E-state index in [2.05, 4.69) is 49.7 Å². The standard InChI is InChI=1S/C17H20N2S/c1-13(15-8-6-14(11-18)7-9-15)19-12-17(2,3)16-5-4-10-20-16/h4-10,13,19H,12H2,1-3H3. The highest BCUT2D eigenvalue weighted by molar-refractivity contribution is 7.10. The van der Waals surface area contributed by atoms with Gasteiger partial charge in [-0.1, -0.05) is 32.0 Å². The molecule has 1 aromatic heterocycles. The van der Waals surface area contributed by atoms with Crippen molar-refractivity contribution in [2.45, 2.75) is 32.2 Å². The van der Waals surface area contributed by atoms with E-state index in [9.17, 15) is 0 Å². The molecule has 0 amide bonds. The summed E-state index contributed by atoms with van der Waals surface area (Å²) in [5, 5.41) is 14.5. The van der Waals surface area contributed by atoms with Crippen molar-refractivity contribution in [2.75, 3.05) is 6.54 Å². The van der Waals surface area contributed by atoms with Gasteiger partial charge in [0.05, 0.1) is 11.6 Å². The van der Waals surface area contributed by atoms with Crippen LogP contribution in [0.1, 0.15) is 42.8 Å². The summed E-state index contributed by atoms with van der Waals surface area (Å²) in [6.07, 6.45) is 0. The van der Waals surface area contributed by atoms with Crippen LogP contribution in [0.15, 0.2) is 41.8 Å². The smallest absolute Gasteiger partial charge is 0.0991 e. The molecule has 1 unspecified atom stereocenters. The van der Waals surface area contributed by atoms with Gasteiger partial charge in [-0.15, -0.1) is 11.3 Å². The monoisotopic (exact) mass is 284 g/mol. The van der Waals surface area contributed by atoms with Crippen molar-refractivity contribution in [3.05, 3.63) is 57.8 Å². The lowest BCUT2D eigenvalue weighted by atomic mass is 9.91. The Morgan fingerprint density at radius 1 is 1.25 bits per heavy atom. The van der Waals surface area contributed by atoms with Gasteiger partial charge in [0.15, 0.2) is 0 Å². The molecule has 0 saturated heterocycles. The molecule has 1 heterocycles. The Balaban J connectivity index is 1.98. The van der Waals surface area contributed by atoms with Crippen molar-refractivity contribution >= 4 is 11.3 Å². The van der Waals surface area contributed by atoms with Crippen molar-refractivity contribution in [1.82, 2.24) is 5.32 Å². The van der Waals surface area contributed by atoms with Gasteiger partial charge in [-0.3, -0.25) is 0 Å². The van der Waals surface area contributed by atoms with E-state index in [0.717, 1.165) is 6.54 Å². The lowest BCUT2D eigenvalue weighted by molar-refractivity contribution is 0.441. The second-order valence-corrected chi connectivity index (χ2v) is 6.65. The Labute approximate surface area is 125 Å².